The Morgan fingerprint density at radius 2 is 2.29 bits per heavy atom. The van der Waals surface area contributed by atoms with Crippen LogP contribution in [0.15, 0.2) is 22.7 Å². The summed E-state index contributed by atoms with van der Waals surface area (Å²) in [7, 11) is 0. The molecule has 1 aromatic rings. The first-order valence-electron chi connectivity index (χ1n) is 7.07. The normalized spacial score (nSPS) is 18.2. The zero-order chi connectivity index (χ0) is 15.2. The maximum absolute atomic E-state index is 12.1. The Kier molecular flexibility index (Phi) is 6.14. The van der Waals surface area contributed by atoms with Crippen LogP contribution in [0, 0.1) is 0 Å². The Balaban J connectivity index is 1.91. The fourth-order valence-electron chi connectivity index (χ4n) is 2.37. The number of hydrogen-bond acceptors (Lipinski definition) is 3. The molecule has 6 heteroatoms. The molecule has 2 rings (SSSR count). The molecule has 3 N–H and O–H groups in total. The first-order valence-corrected chi connectivity index (χ1v) is 8.27. The molecule has 1 saturated heterocycles. The quantitative estimate of drug-likeness (QED) is 0.779. The number of nitrogens with two attached hydrogens (primary N) is 1. The molecule has 1 fully saturated rings. The van der Waals surface area contributed by atoms with E-state index in [1.54, 1.807) is 6.07 Å². The van der Waals surface area contributed by atoms with Gasteiger partial charge in [0.1, 0.15) is 4.99 Å². The molecule has 1 unspecified atom stereocenters. The first-order chi connectivity index (χ1) is 10.1. The number of thiocarbonyl (C=S) groups is 1. The Morgan fingerprint density at radius 3 is 2.95 bits per heavy atom. The second-order valence-electron chi connectivity index (χ2n) is 5.13. The number of nitrogens with one attached hydrogen (secondary N) is 1. The number of benzene rings is 1. The van der Waals surface area contributed by atoms with Crippen LogP contribution in [-0.2, 0) is 9.53 Å². The number of amides is 1. The second-order valence-corrected chi connectivity index (χ2v) is 6.49. The lowest BCUT2D eigenvalue weighted by atomic mass is 10.0. The number of carbonyl (C=O) groups is 1. The predicted octanol–water partition coefficient (Wildman–Crippen LogP) is 3.37. The molecular formula is C15H19BrN2O2S. The van der Waals surface area contributed by atoms with Crippen LogP contribution in [0.3, 0.4) is 0 Å². The lowest BCUT2D eigenvalue weighted by Crippen LogP contribution is -2.22. The van der Waals surface area contributed by atoms with E-state index in [0.29, 0.717) is 17.7 Å². The van der Waals surface area contributed by atoms with Crippen LogP contribution in [0.25, 0.3) is 0 Å². The molecule has 1 aromatic carbocycles. The maximum atomic E-state index is 12.1. The van der Waals surface area contributed by atoms with Crippen LogP contribution in [0.2, 0.25) is 0 Å². The Hall–Kier alpha value is -0.980. The minimum Gasteiger partial charge on any atom is -0.389 e. The van der Waals surface area contributed by atoms with E-state index in [1.807, 2.05) is 12.1 Å². The fraction of sp³-hybridized carbons (Fsp3) is 0.467. The smallest absolute Gasteiger partial charge is 0.224 e. The largest absolute Gasteiger partial charge is 0.389 e. The Bertz CT molecular complexity index is 530. The summed E-state index contributed by atoms with van der Waals surface area (Å²) in [5.74, 6) is -0.0380. The molecule has 0 spiro atoms. The van der Waals surface area contributed by atoms with Crippen molar-refractivity contribution in [1.82, 2.24) is 0 Å². The number of ether oxygens (including phenoxy) is 1. The van der Waals surface area contributed by atoms with Crippen molar-refractivity contribution in [1.29, 1.82) is 0 Å². The molecule has 1 atom stereocenters. The van der Waals surface area contributed by atoms with E-state index in [-0.39, 0.29) is 17.0 Å². The zero-order valence-electron chi connectivity index (χ0n) is 11.7. The van der Waals surface area contributed by atoms with Gasteiger partial charge in [-0.2, -0.15) is 0 Å². The highest BCUT2D eigenvalue weighted by Gasteiger charge is 2.16. The molecule has 0 radical (unpaired) electrons. The lowest BCUT2D eigenvalue weighted by molar-refractivity contribution is -0.117. The topological polar surface area (TPSA) is 64.3 Å². The molecule has 1 aliphatic rings. The summed E-state index contributed by atoms with van der Waals surface area (Å²) in [4.78, 5) is 12.3. The highest BCUT2D eigenvalue weighted by molar-refractivity contribution is 9.10. The SMILES string of the molecule is NC(=S)c1cc(Br)ccc1NC(=O)CCC1CCCCO1. The summed E-state index contributed by atoms with van der Waals surface area (Å²) >= 11 is 8.38. The molecule has 114 valence electrons. The van der Waals surface area contributed by atoms with Crippen LogP contribution >= 0.6 is 28.1 Å². The van der Waals surface area contributed by atoms with E-state index in [2.05, 4.69) is 21.2 Å². The zero-order valence-corrected chi connectivity index (χ0v) is 14.1. The van der Waals surface area contributed by atoms with E-state index >= 15 is 0 Å². The third-order valence-corrected chi connectivity index (χ3v) is 4.20. The summed E-state index contributed by atoms with van der Waals surface area (Å²) < 4.78 is 6.50. The molecule has 1 aliphatic heterocycles. The van der Waals surface area contributed by atoms with Gasteiger partial charge in [-0.3, -0.25) is 4.79 Å². The van der Waals surface area contributed by atoms with Crippen molar-refractivity contribution in [2.45, 2.75) is 38.2 Å². The van der Waals surface area contributed by atoms with Gasteiger partial charge < -0.3 is 15.8 Å². The van der Waals surface area contributed by atoms with Crippen LogP contribution in [0.1, 0.15) is 37.7 Å². The summed E-state index contributed by atoms with van der Waals surface area (Å²) in [6.07, 6.45) is 4.76. The van der Waals surface area contributed by atoms with Gasteiger partial charge in [-0.25, -0.2) is 0 Å². The number of carbonyl (C=O) groups excluding carboxylic acids is 1. The second kappa shape index (κ2) is 7.87. The summed E-state index contributed by atoms with van der Waals surface area (Å²) in [6.45, 7) is 0.810. The van der Waals surface area contributed by atoms with Crippen LogP contribution < -0.4 is 11.1 Å². The van der Waals surface area contributed by atoms with Gasteiger partial charge in [0.2, 0.25) is 5.91 Å². The highest BCUT2D eigenvalue weighted by Crippen LogP contribution is 2.22. The number of anilines is 1. The molecular weight excluding hydrogens is 352 g/mol. The van der Waals surface area contributed by atoms with Crippen LogP contribution in [-0.4, -0.2) is 23.6 Å². The third kappa shape index (κ3) is 5.05. The summed E-state index contributed by atoms with van der Waals surface area (Å²) in [5, 5.41) is 2.88. The number of hydrogen-bond donors (Lipinski definition) is 2. The van der Waals surface area contributed by atoms with E-state index in [1.165, 1.54) is 6.42 Å². The standard InChI is InChI=1S/C15H19BrN2O2S/c16-10-4-6-13(12(9-10)15(17)21)18-14(19)7-5-11-3-1-2-8-20-11/h4,6,9,11H,1-3,5,7-8H2,(H2,17,21)(H,18,19). The number of rotatable bonds is 5. The van der Waals surface area contributed by atoms with E-state index in [4.69, 9.17) is 22.7 Å². The van der Waals surface area contributed by atoms with Gasteiger partial charge in [0, 0.05) is 23.1 Å². The van der Waals surface area contributed by atoms with Gasteiger partial charge in [0.15, 0.2) is 0 Å². The minimum absolute atomic E-state index is 0.0380. The van der Waals surface area contributed by atoms with Crippen molar-refractivity contribution < 1.29 is 9.53 Å². The minimum atomic E-state index is -0.0380. The van der Waals surface area contributed by atoms with Gasteiger partial charge >= 0.3 is 0 Å². The van der Waals surface area contributed by atoms with Gasteiger partial charge in [-0.15, -0.1) is 0 Å². The summed E-state index contributed by atoms with van der Waals surface area (Å²) in [5.41, 5.74) is 7.01. The average Bonchev–Trinajstić information content (AvgIpc) is 2.48. The molecule has 21 heavy (non-hydrogen) atoms. The van der Waals surface area contributed by atoms with E-state index in [9.17, 15) is 4.79 Å². The predicted molar refractivity (Wildman–Crippen MR) is 91.5 cm³/mol. The van der Waals surface area contributed by atoms with Crippen molar-refractivity contribution in [3.8, 4) is 0 Å². The van der Waals surface area contributed by atoms with Crippen molar-refractivity contribution in [3.05, 3.63) is 28.2 Å². The van der Waals surface area contributed by atoms with Gasteiger partial charge in [0.05, 0.1) is 11.8 Å². The third-order valence-electron chi connectivity index (χ3n) is 3.49. The van der Waals surface area contributed by atoms with Crippen molar-refractivity contribution in [2.24, 2.45) is 5.73 Å². The average molecular weight is 371 g/mol. The molecule has 1 heterocycles. The highest BCUT2D eigenvalue weighted by atomic mass is 79.9. The van der Waals surface area contributed by atoms with Crippen LogP contribution in [0.4, 0.5) is 5.69 Å². The molecule has 0 bridgehead atoms. The number of halogens is 1. The molecule has 1 amide bonds. The first kappa shape index (κ1) is 16.4. The Labute approximate surface area is 138 Å². The van der Waals surface area contributed by atoms with Gasteiger partial charge in [0.25, 0.3) is 0 Å². The maximum Gasteiger partial charge on any atom is 0.224 e. The monoisotopic (exact) mass is 370 g/mol. The Morgan fingerprint density at radius 1 is 1.48 bits per heavy atom. The summed E-state index contributed by atoms with van der Waals surface area (Å²) in [6, 6.07) is 5.46. The van der Waals surface area contributed by atoms with E-state index in [0.717, 1.165) is 30.3 Å². The van der Waals surface area contributed by atoms with E-state index < -0.39 is 0 Å². The van der Waals surface area contributed by atoms with Crippen LogP contribution in [0.5, 0.6) is 0 Å². The van der Waals surface area contributed by atoms with Crippen molar-refractivity contribution in [3.63, 3.8) is 0 Å². The van der Waals surface area contributed by atoms with Crippen molar-refractivity contribution in [2.75, 3.05) is 11.9 Å². The lowest BCUT2D eigenvalue weighted by Gasteiger charge is -2.22. The van der Waals surface area contributed by atoms with Crippen molar-refractivity contribution >= 4 is 44.7 Å². The molecule has 0 aliphatic carbocycles. The molecule has 0 saturated carbocycles. The molecule has 0 aromatic heterocycles. The molecule has 4 nitrogen and oxygen atoms in total. The van der Waals surface area contributed by atoms with Gasteiger partial charge in [-0.05, 0) is 43.9 Å². The van der Waals surface area contributed by atoms with Gasteiger partial charge in [-0.1, -0.05) is 28.1 Å². The fourth-order valence-corrected chi connectivity index (χ4v) is 2.90.